The molecule has 0 atom stereocenters. The number of aromatic nitrogens is 1. The second-order valence-corrected chi connectivity index (χ2v) is 14.7. The molecule has 0 aliphatic carbocycles. The molecular weight excluding hydrogens is 738 g/mol. The molecule has 216 valence electrons. The summed E-state index contributed by atoms with van der Waals surface area (Å²) in [7, 11) is 2.68. The highest BCUT2D eigenvalue weighted by molar-refractivity contribution is 9.11. The van der Waals surface area contributed by atoms with E-state index < -0.39 is 11.9 Å². The third kappa shape index (κ3) is 5.98. The summed E-state index contributed by atoms with van der Waals surface area (Å²) in [6.07, 6.45) is 0. The second-order valence-electron chi connectivity index (χ2n) is 8.88. The average Bonchev–Trinajstić information content (AvgIpc) is 3.79. The van der Waals surface area contributed by atoms with Crippen LogP contribution in [0.5, 0.6) is 23.0 Å². The van der Waals surface area contributed by atoms with Crippen LogP contribution < -0.4 is 9.47 Å². The van der Waals surface area contributed by atoms with Gasteiger partial charge in [-0.3, -0.25) is 0 Å². The van der Waals surface area contributed by atoms with Crippen molar-refractivity contribution >= 4 is 88.0 Å². The van der Waals surface area contributed by atoms with E-state index in [2.05, 4.69) is 31.9 Å². The smallest absolute Gasteiger partial charge is 0.337 e. The Labute approximate surface area is 274 Å². The monoisotopic (exact) mass is 755 g/mol. The number of carbonyl (C=O) groups excluding carboxylic acids is 2. The SMILES string of the molecule is COC(=O)c1ccc(Oc2c(Oc3ccc(C(=O)OC)cc3)c(-c3ccc(Br)s3)c3scnc3c2-c2ccc(Br)s2)cc1. The second kappa shape index (κ2) is 12.6. The molecular formula is C31H19Br2NO6S3. The first-order valence-corrected chi connectivity index (χ1v) is 16.6. The molecule has 0 N–H and O–H groups in total. The van der Waals surface area contributed by atoms with Crippen LogP contribution in [-0.2, 0) is 9.47 Å². The molecule has 0 bridgehead atoms. The average molecular weight is 758 g/mol. The maximum absolute atomic E-state index is 12.1. The van der Waals surface area contributed by atoms with Crippen LogP contribution in [-0.4, -0.2) is 31.1 Å². The molecule has 0 unspecified atom stereocenters. The topological polar surface area (TPSA) is 84.0 Å². The summed E-state index contributed by atoms with van der Waals surface area (Å²) in [5.41, 5.74) is 4.98. The maximum Gasteiger partial charge on any atom is 0.337 e. The van der Waals surface area contributed by atoms with Gasteiger partial charge in [-0.25, -0.2) is 14.6 Å². The summed E-state index contributed by atoms with van der Waals surface area (Å²) < 4.78 is 25.9. The van der Waals surface area contributed by atoms with Gasteiger partial charge in [-0.2, -0.15) is 0 Å². The Morgan fingerprint density at radius 2 is 1.12 bits per heavy atom. The van der Waals surface area contributed by atoms with Crippen molar-refractivity contribution < 1.29 is 28.5 Å². The Morgan fingerprint density at radius 1 is 0.651 bits per heavy atom. The van der Waals surface area contributed by atoms with Gasteiger partial charge in [0.05, 0.1) is 59.8 Å². The first-order chi connectivity index (χ1) is 20.9. The first kappa shape index (κ1) is 29.5. The Kier molecular flexibility index (Phi) is 8.64. The number of fused-ring (bicyclic) bond motifs is 1. The van der Waals surface area contributed by atoms with Gasteiger partial charge in [0.1, 0.15) is 11.5 Å². The number of benzene rings is 3. The van der Waals surface area contributed by atoms with Crippen molar-refractivity contribution in [3.8, 4) is 43.9 Å². The third-order valence-corrected chi connectivity index (χ3v) is 10.4. The molecule has 12 heteroatoms. The van der Waals surface area contributed by atoms with Gasteiger partial charge in [-0.1, -0.05) is 0 Å². The Hall–Kier alpha value is -3.55. The lowest BCUT2D eigenvalue weighted by atomic mass is 10.0. The fourth-order valence-electron chi connectivity index (χ4n) is 4.37. The summed E-state index contributed by atoms with van der Waals surface area (Å²) in [4.78, 5) is 30.8. The van der Waals surface area contributed by atoms with Crippen molar-refractivity contribution in [2.45, 2.75) is 0 Å². The number of rotatable bonds is 8. The van der Waals surface area contributed by atoms with E-state index in [1.165, 1.54) is 25.6 Å². The lowest BCUT2D eigenvalue weighted by Gasteiger charge is -2.20. The number of thiazole rings is 1. The van der Waals surface area contributed by atoms with E-state index in [1.54, 1.807) is 71.2 Å². The van der Waals surface area contributed by atoms with Crippen LogP contribution in [0.3, 0.4) is 0 Å². The number of nitrogens with zero attached hydrogens (tertiary/aromatic N) is 1. The number of methoxy groups -OCH3 is 2. The summed E-state index contributed by atoms with van der Waals surface area (Å²) in [5.74, 6) is 1.04. The molecule has 0 fully saturated rings. The van der Waals surface area contributed by atoms with Gasteiger partial charge in [0.15, 0.2) is 11.5 Å². The minimum atomic E-state index is -0.440. The predicted octanol–water partition coefficient (Wildman–Crippen LogP) is 10.4. The van der Waals surface area contributed by atoms with Gasteiger partial charge in [-0.05, 0) is 105 Å². The molecule has 7 nitrogen and oxygen atoms in total. The molecule has 0 saturated carbocycles. The zero-order valence-electron chi connectivity index (χ0n) is 22.4. The Morgan fingerprint density at radius 3 is 1.56 bits per heavy atom. The van der Waals surface area contributed by atoms with Gasteiger partial charge in [0.25, 0.3) is 0 Å². The molecule has 0 spiro atoms. The van der Waals surface area contributed by atoms with Crippen molar-refractivity contribution in [2.24, 2.45) is 0 Å². The molecule has 6 aromatic rings. The first-order valence-electron chi connectivity index (χ1n) is 12.5. The molecule has 3 heterocycles. The standard InChI is InChI=1S/C31H19Br2NO6S3/c1-37-30(35)16-3-7-18(8-4-16)39-27-24(20-11-13-22(32)42-20)26-29(41-15-34-26)25(21-12-14-23(33)43-21)28(27)40-19-9-5-17(6-10-19)31(36)38-2/h3-15H,1-2H3. The molecule has 3 aromatic heterocycles. The molecule has 0 saturated heterocycles. The molecule has 6 rings (SSSR count). The van der Waals surface area contributed by atoms with Crippen molar-refractivity contribution in [1.82, 2.24) is 4.98 Å². The minimum Gasteiger partial charge on any atom is -0.465 e. The molecule has 3 aromatic carbocycles. The van der Waals surface area contributed by atoms with E-state index in [0.717, 1.165) is 38.7 Å². The van der Waals surface area contributed by atoms with Gasteiger partial charge >= 0.3 is 11.9 Å². The minimum absolute atomic E-state index is 0.401. The van der Waals surface area contributed by atoms with E-state index in [0.29, 0.717) is 34.1 Å². The van der Waals surface area contributed by atoms with Gasteiger partial charge in [0, 0.05) is 9.75 Å². The number of esters is 2. The van der Waals surface area contributed by atoms with Crippen LogP contribution in [0.25, 0.3) is 31.1 Å². The van der Waals surface area contributed by atoms with E-state index in [1.807, 2.05) is 29.8 Å². The van der Waals surface area contributed by atoms with Crippen molar-refractivity contribution in [3.05, 3.63) is 97.0 Å². The van der Waals surface area contributed by atoms with Gasteiger partial charge in [0.2, 0.25) is 0 Å². The molecule has 43 heavy (non-hydrogen) atoms. The Balaban J connectivity index is 1.61. The lowest BCUT2D eigenvalue weighted by molar-refractivity contribution is 0.0592. The highest BCUT2D eigenvalue weighted by Gasteiger charge is 2.29. The van der Waals surface area contributed by atoms with E-state index in [-0.39, 0.29) is 0 Å². The normalized spacial score (nSPS) is 11.0. The van der Waals surface area contributed by atoms with Crippen LogP contribution in [0.1, 0.15) is 20.7 Å². The van der Waals surface area contributed by atoms with E-state index in [4.69, 9.17) is 23.9 Å². The quantitative estimate of drug-likeness (QED) is 0.143. The number of carbonyl (C=O) groups is 2. The fraction of sp³-hybridized carbons (Fsp3) is 0.0645. The Bertz CT molecular complexity index is 1820. The highest BCUT2D eigenvalue weighted by atomic mass is 79.9. The van der Waals surface area contributed by atoms with Crippen molar-refractivity contribution in [1.29, 1.82) is 0 Å². The number of halogens is 2. The zero-order valence-corrected chi connectivity index (χ0v) is 28.0. The summed E-state index contributed by atoms with van der Waals surface area (Å²) in [5, 5.41) is 0. The molecule has 0 aliphatic rings. The van der Waals surface area contributed by atoms with Crippen LogP contribution in [0.2, 0.25) is 0 Å². The van der Waals surface area contributed by atoms with Gasteiger partial charge < -0.3 is 18.9 Å². The van der Waals surface area contributed by atoms with Crippen LogP contribution in [0, 0.1) is 0 Å². The van der Waals surface area contributed by atoms with E-state index >= 15 is 0 Å². The third-order valence-electron chi connectivity index (χ3n) is 6.32. The lowest BCUT2D eigenvalue weighted by Crippen LogP contribution is -2.01. The summed E-state index contributed by atoms with van der Waals surface area (Å²) >= 11 is 11.8. The largest absolute Gasteiger partial charge is 0.465 e. The van der Waals surface area contributed by atoms with Crippen LogP contribution in [0.4, 0.5) is 0 Å². The fourth-order valence-corrected chi connectivity index (χ4v) is 8.15. The molecule has 0 aliphatic heterocycles. The molecule has 0 amide bonds. The number of hydrogen-bond donors (Lipinski definition) is 0. The van der Waals surface area contributed by atoms with Crippen LogP contribution >= 0.6 is 65.9 Å². The van der Waals surface area contributed by atoms with E-state index in [9.17, 15) is 9.59 Å². The van der Waals surface area contributed by atoms with Crippen molar-refractivity contribution in [2.75, 3.05) is 14.2 Å². The van der Waals surface area contributed by atoms with Gasteiger partial charge in [-0.15, -0.1) is 34.0 Å². The predicted molar refractivity (Wildman–Crippen MR) is 177 cm³/mol. The summed E-state index contributed by atoms with van der Waals surface area (Å²) in [6.45, 7) is 0. The van der Waals surface area contributed by atoms with Crippen LogP contribution in [0.15, 0.2) is 85.9 Å². The zero-order chi connectivity index (χ0) is 30.1. The maximum atomic E-state index is 12.1. The summed E-state index contributed by atoms with van der Waals surface area (Å²) in [6, 6.07) is 21.4. The highest BCUT2D eigenvalue weighted by Crippen LogP contribution is 2.56. The molecule has 0 radical (unpaired) electrons. The number of hydrogen-bond acceptors (Lipinski definition) is 10. The number of thiophene rings is 2. The van der Waals surface area contributed by atoms with Crippen molar-refractivity contribution in [3.63, 3.8) is 0 Å². The number of ether oxygens (including phenoxy) is 4.